The summed E-state index contributed by atoms with van der Waals surface area (Å²) in [5.41, 5.74) is 2.16. The predicted octanol–water partition coefficient (Wildman–Crippen LogP) is 4.60. The third-order valence-corrected chi connectivity index (χ3v) is 7.71. The van der Waals surface area contributed by atoms with E-state index in [1.54, 1.807) is 25.5 Å². The number of carbonyl (C=O) groups is 1. The summed E-state index contributed by atoms with van der Waals surface area (Å²) in [4.78, 5) is 32.1. The molecular weight excluding hydrogens is 631 g/mol. The normalized spacial score (nSPS) is 15.2. The lowest BCUT2D eigenvalue weighted by atomic mass is 9.96. The number of hydrogen-bond donors (Lipinski definition) is 0. The number of esters is 1. The van der Waals surface area contributed by atoms with Crippen LogP contribution in [-0.4, -0.2) is 37.0 Å². The molecule has 0 fully saturated rings. The molecule has 1 aromatic heterocycles. The minimum atomic E-state index is -0.686. The topological polar surface area (TPSA) is 88.4 Å². The Morgan fingerprint density at radius 1 is 1.18 bits per heavy atom. The van der Waals surface area contributed by atoms with Crippen molar-refractivity contribution in [1.82, 2.24) is 4.57 Å². The second-order valence-corrected chi connectivity index (χ2v) is 11.2. The van der Waals surface area contributed by atoms with Gasteiger partial charge < -0.3 is 18.9 Å². The number of nitrogens with zero attached hydrogens (tertiary/aromatic N) is 2. The highest BCUT2D eigenvalue weighted by molar-refractivity contribution is 14.1. The van der Waals surface area contributed by atoms with Crippen molar-refractivity contribution in [3.8, 4) is 17.2 Å². The highest BCUT2D eigenvalue weighted by Gasteiger charge is 2.33. The molecule has 0 saturated heterocycles. The van der Waals surface area contributed by atoms with Crippen LogP contribution in [0.3, 0.4) is 0 Å². The Kier molecular flexibility index (Phi) is 9.16. The highest BCUT2D eigenvalue weighted by atomic mass is 127. The van der Waals surface area contributed by atoms with Gasteiger partial charge in [0.25, 0.3) is 5.56 Å². The Balaban J connectivity index is 1.89. The van der Waals surface area contributed by atoms with E-state index in [1.165, 1.54) is 11.3 Å². The van der Waals surface area contributed by atoms with E-state index in [2.05, 4.69) is 27.6 Å². The molecule has 206 valence electrons. The van der Waals surface area contributed by atoms with Crippen LogP contribution < -0.4 is 29.1 Å². The molecule has 0 spiro atoms. The van der Waals surface area contributed by atoms with E-state index in [0.29, 0.717) is 44.5 Å². The minimum Gasteiger partial charge on any atom is -0.494 e. The van der Waals surface area contributed by atoms with Crippen LogP contribution in [0.1, 0.15) is 51.8 Å². The fraction of sp³-hybridized carbons (Fsp3) is 0.345. The first-order chi connectivity index (χ1) is 18.7. The Bertz CT molecular complexity index is 1590. The van der Waals surface area contributed by atoms with Crippen molar-refractivity contribution in [2.45, 2.75) is 46.8 Å². The summed E-state index contributed by atoms with van der Waals surface area (Å²) < 4.78 is 25.4. The van der Waals surface area contributed by atoms with E-state index < -0.39 is 12.0 Å². The maximum atomic E-state index is 13.9. The average Bonchev–Trinajstić information content (AvgIpc) is 3.19. The van der Waals surface area contributed by atoms with E-state index >= 15 is 0 Å². The van der Waals surface area contributed by atoms with Gasteiger partial charge in [-0.05, 0) is 98.7 Å². The Labute approximate surface area is 244 Å². The maximum absolute atomic E-state index is 13.9. The van der Waals surface area contributed by atoms with E-state index in [4.69, 9.17) is 18.9 Å². The van der Waals surface area contributed by atoms with Crippen LogP contribution in [0.2, 0.25) is 0 Å². The summed E-state index contributed by atoms with van der Waals surface area (Å²) in [5.74, 6) is 1.46. The van der Waals surface area contributed by atoms with E-state index in [-0.39, 0.29) is 18.3 Å². The number of methoxy groups -OCH3 is 1. The largest absolute Gasteiger partial charge is 0.494 e. The van der Waals surface area contributed by atoms with Crippen molar-refractivity contribution in [2.75, 3.05) is 20.3 Å². The number of rotatable bonds is 9. The first kappa shape index (κ1) is 28.9. The molecule has 2 heterocycles. The minimum absolute atomic E-state index is 0.0126. The SMILES string of the molecule is CCOC(=O)C1=C(C)N=c2s/c(=C\c3cc(I)c(OC(C)C)c(OC)c3)c(=O)n2[C@@H]1c1ccc(OCC)cc1. The molecule has 1 atom stereocenters. The van der Waals surface area contributed by atoms with Gasteiger partial charge in [0.1, 0.15) is 5.75 Å². The second kappa shape index (κ2) is 12.4. The van der Waals surface area contributed by atoms with Gasteiger partial charge in [-0.15, -0.1) is 0 Å². The van der Waals surface area contributed by atoms with Crippen molar-refractivity contribution in [3.05, 3.63) is 82.1 Å². The molecule has 3 aromatic rings. The van der Waals surface area contributed by atoms with Crippen LogP contribution in [0.4, 0.5) is 0 Å². The first-order valence-corrected chi connectivity index (χ1v) is 14.5. The Hall–Kier alpha value is -3.12. The maximum Gasteiger partial charge on any atom is 0.338 e. The quantitative estimate of drug-likeness (QED) is 0.246. The number of carbonyl (C=O) groups excluding carboxylic acids is 1. The summed E-state index contributed by atoms with van der Waals surface area (Å²) in [6.45, 7) is 10.1. The van der Waals surface area contributed by atoms with Crippen molar-refractivity contribution < 1.29 is 23.7 Å². The van der Waals surface area contributed by atoms with Crippen LogP contribution in [0.25, 0.3) is 6.08 Å². The zero-order chi connectivity index (χ0) is 28.3. The van der Waals surface area contributed by atoms with Crippen LogP contribution in [0.15, 0.2) is 57.5 Å². The summed E-state index contributed by atoms with van der Waals surface area (Å²) in [7, 11) is 1.59. The number of ether oxygens (including phenoxy) is 4. The van der Waals surface area contributed by atoms with Crippen LogP contribution >= 0.6 is 33.9 Å². The summed E-state index contributed by atoms with van der Waals surface area (Å²) in [6, 6.07) is 10.5. The number of benzene rings is 2. The molecule has 1 aliphatic heterocycles. The van der Waals surface area contributed by atoms with Gasteiger partial charge in [-0.25, -0.2) is 9.79 Å². The van der Waals surface area contributed by atoms with Crippen molar-refractivity contribution in [3.63, 3.8) is 0 Å². The number of hydrogen-bond acceptors (Lipinski definition) is 8. The number of halogens is 1. The van der Waals surface area contributed by atoms with E-state index in [9.17, 15) is 9.59 Å². The molecule has 10 heteroatoms. The molecule has 0 radical (unpaired) electrons. The molecule has 0 N–H and O–H groups in total. The molecule has 0 saturated carbocycles. The lowest BCUT2D eigenvalue weighted by Crippen LogP contribution is -2.39. The summed E-state index contributed by atoms with van der Waals surface area (Å²) >= 11 is 3.48. The molecule has 1 aliphatic rings. The van der Waals surface area contributed by atoms with E-state index in [1.807, 2.05) is 63.2 Å². The molecular formula is C29H31IN2O6S. The molecule has 8 nitrogen and oxygen atoms in total. The molecule has 39 heavy (non-hydrogen) atoms. The number of allylic oxidation sites excluding steroid dienone is 1. The lowest BCUT2D eigenvalue weighted by Gasteiger charge is -2.24. The average molecular weight is 663 g/mol. The van der Waals surface area contributed by atoms with Gasteiger partial charge in [0.15, 0.2) is 16.3 Å². The number of aromatic nitrogens is 1. The van der Waals surface area contributed by atoms with Crippen molar-refractivity contribution >= 4 is 46.0 Å². The van der Waals surface area contributed by atoms with Gasteiger partial charge in [0, 0.05) is 0 Å². The first-order valence-electron chi connectivity index (χ1n) is 12.6. The molecule has 0 bridgehead atoms. The van der Waals surface area contributed by atoms with Crippen LogP contribution in [0.5, 0.6) is 17.2 Å². The molecule has 0 unspecified atom stereocenters. The van der Waals surface area contributed by atoms with Gasteiger partial charge in [0.05, 0.1) is 51.8 Å². The smallest absolute Gasteiger partial charge is 0.338 e. The fourth-order valence-corrected chi connectivity index (χ4v) is 6.14. The third kappa shape index (κ3) is 6.06. The zero-order valence-electron chi connectivity index (χ0n) is 22.7. The molecule has 4 rings (SSSR count). The standard InChI is InChI=1S/C29H31IN2O6S/c1-7-36-20-11-9-19(10-12-20)25-24(28(34)37-8-2)17(5)31-29-32(25)27(33)23(39-29)15-18-13-21(30)26(38-16(3)4)22(14-18)35-6/h9-16,25H,7-8H2,1-6H3/b23-15-/t25-/m1/s1. The summed E-state index contributed by atoms with van der Waals surface area (Å²) in [5, 5.41) is 0. The fourth-order valence-electron chi connectivity index (χ4n) is 4.34. The monoisotopic (exact) mass is 662 g/mol. The van der Waals surface area contributed by atoms with Crippen molar-refractivity contribution in [1.29, 1.82) is 0 Å². The van der Waals surface area contributed by atoms with Gasteiger partial charge >= 0.3 is 5.97 Å². The van der Waals surface area contributed by atoms with Gasteiger partial charge in [0.2, 0.25) is 0 Å². The van der Waals surface area contributed by atoms with Gasteiger partial charge in [-0.1, -0.05) is 23.5 Å². The van der Waals surface area contributed by atoms with Crippen LogP contribution in [0, 0.1) is 3.57 Å². The second-order valence-electron chi connectivity index (χ2n) is 9.01. The van der Waals surface area contributed by atoms with Gasteiger partial charge in [-0.3, -0.25) is 9.36 Å². The zero-order valence-corrected chi connectivity index (χ0v) is 25.7. The summed E-state index contributed by atoms with van der Waals surface area (Å²) in [6.07, 6.45) is 1.80. The Morgan fingerprint density at radius 3 is 2.51 bits per heavy atom. The van der Waals surface area contributed by atoms with Crippen molar-refractivity contribution in [2.24, 2.45) is 4.99 Å². The molecule has 0 amide bonds. The number of fused-ring (bicyclic) bond motifs is 1. The lowest BCUT2D eigenvalue weighted by molar-refractivity contribution is -0.139. The molecule has 2 aromatic carbocycles. The third-order valence-electron chi connectivity index (χ3n) is 5.93. The van der Waals surface area contributed by atoms with E-state index in [0.717, 1.165) is 14.7 Å². The molecule has 0 aliphatic carbocycles. The van der Waals surface area contributed by atoms with Crippen LogP contribution in [-0.2, 0) is 9.53 Å². The van der Waals surface area contributed by atoms with Gasteiger partial charge in [-0.2, -0.15) is 0 Å². The number of thiazole rings is 1. The predicted molar refractivity (Wildman–Crippen MR) is 159 cm³/mol. The highest BCUT2D eigenvalue weighted by Crippen LogP contribution is 2.35. The Morgan fingerprint density at radius 2 is 1.90 bits per heavy atom.